The van der Waals surface area contributed by atoms with Gasteiger partial charge in [0.25, 0.3) is 5.91 Å². The first-order valence-corrected chi connectivity index (χ1v) is 10.7. The van der Waals surface area contributed by atoms with Crippen LogP contribution < -0.4 is 0 Å². The molecule has 0 radical (unpaired) electrons. The Morgan fingerprint density at radius 2 is 2.03 bits per heavy atom. The zero-order valence-corrected chi connectivity index (χ0v) is 17.6. The van der Waals surface area contributed by atoms with Crippen molar-refractivity contribution in [2.24, 2.45) is 0 Å². The highest BCUT2D eigenvalue weighted by molar-refractivity contribution is 6.30. The molecule has 2 aromatic heterocycles. The molecule has 3 aromatic rings. The van der Waals surface area contributed by atoms with Gasteiger partial charge >= 0.3 is 0 Å². The molecule has 1 amide bonds. The number of aryl methyl sites for hydroxylation is 1. The number of aromatic nitrogens is 2. The number of imidazole rings is 1. The number of piperidine rings is 1. The van der Waals surface area contributed by atoms with Crippen LogP contribution in [0, 0.1) is 0 Å². The van der Waals surface area contributed by atoms with E-state index in [9.17, 15) is 4.79 Å². The van der Waals surface area contributed by atoms with Gasteiger partial charge in [0.1, 0.15) is 11.3 Å². The zero-order valence-electron chi connectivity index (χ0n) is 16.8. The molecule has 1 aliphatic heterocycles. The Hall–Kier alpha value is -2.37. The van der Waals surface area contributed by atoms with E-state index in [0.29, 0.717) is 10.7 Å². The van der Waals surface area contributed by atoms with E-state index in [1.165, 1.54) is 5.56 Å². The standard InChI is InChI=1S/C23H27ClN4O/c1-26(23(29)21-17-28-15-19(24)11-12-22(28)25-21)20-10-6-14-27(16-20)13-5-9-18-7-3-2-4-8-18/h2-4,7-8,11-12,15,17,20H,5-6,9-10,13-14,16H2,1H3. The average Bonchev–Trinajstić information content (AvgIpc) is 3.17. The van der Waals surface area contributed by atoms with Crippen molar-refractivity contribution < 1.29 is 4.79 Å². The predicted octanol–water partition coefficient (Wildman–Crippen LogP) is 4.16. The second kappa shape index (κ2) is 8.97. The number of hydrogen-bond donors (Lipinski definition) is 0. The number of amides is 1. The highest BCUT2D eigenvalue weighted by Gasteiger charge is 2.27. The third kappa shape index (κ3) is 4.80. The number of benzene rings is 1. The molecule has 152 valence electrons. The molecule has 1 unspecified atom stereocenters. The van der Waals surface area contributed by atoms with Gasteiger partial charge in [0.15, 0.2) is 0 Å². The smallest absolute Gasteiger partial charge is 0.274 e. The predicted molar refractivity (Wildman–Crippen MR) is 117 cm³/mol. The van der Waals surface area contributed by atoms with E-state index in [0.717, 1.165) is 51.0 Å². The summed E-state index contributed by atoms with van der Waals surface area (Å²) < 4.78 is 1.81. The van der Waals surface area contributed by atoms with Crippen molar-refractivity contribution in [1.29, 1.82) is 0 Å². The van der Waals surface area contributed by atoms with Crippen molar-refractivity contribution in [2.75, 3.05) is 26.7 Å². The van der Waals surface area contributed by atoms with Crippen LogP contribution in [0.1, 0.15) is 35.3 Å². The molecule has 0 bridgehead atoms. The molecule has 1 aliphatic rings. The monoisotopic (exact) mass is 410 g/mol. The van der Waals surface area contributed by atoms with Gasteiger partial charge in [-0.2, -0.15) is 0 Å². The third-order valence-electron chi connectivity index (χ3n) is 5.77. The summed E-state index contributed by atoms with van der Waals surface area (Å²) in [5, 5.41) is 0.626. The Labute approximate surface area is 176 Å². The molecule has 3 heterocycles. The second-order valence-corrected chi connectivity index (χ2v) is 8.28. The lowest BCUT2D eigenvalue weighted by atomic mass is 10.0. The molecule has 5 nitrogen and oxygen atoms in total. The van der Waals surface area contributed by atoms with Crippen molar-refractivity contribution in [2.45, 2.75) is 31.7 Å². The van der Waals surface area contributed by atoms with Crippen LogP contribution in [0.15, 0.2) is 54.9 Å². The van der Waals surface area contributed by atoms with E-state index in [-0.39, 0.29) is 11.9 Å². The minimum absolute atomic E-state index is 0.0269. The summed E-state index contributed by atoms with van der Waals surface area (Å²) in [6.07, 6.45) is 7.93. The number of rotatable bonds is 6. The summed E-state index contributed by atoms with van der Waals surface area (Å²) in [5.41, 5.74) is 2.59. The van der Waals surface area contributed by atoms with E-state index in [1.54, 1.807) is 22.9 Å². The van der Waals surface area contributed by atoms with Crippen molar-refractivity contribution >= 4 is 23.2 Å². The molecule has 0 N–H and O–H groups in total. The van der Waals surface area contributed by atoms with Crippen molar-refractivity contribution in [3.8, 4) is 0 Å². The number of carbonyl (C=O) groups excluding carboxylic acids is 1. The van der Waals surface area contributed by atoms with E-state index >= 15 is 0 Å². The number of hydrogen-bond acceptors (Lipinski definition) is 3. The maximum Gasteiger partial charge on any atom is 0.274 e. The van der Waals surface area contributed by atoms with Gasteiger partial charge in [0, 0.05) is 32.0 Å². The number of fused-ring (bicyclic) bond motifs is 1. The van der Waals surface area contributed by atoms with Gasteiger partial charge in [-0.3, -0.25) is 4.79 Å². The number of likely N-dealkylation sites (N-methyl/N-ethyl adjacent to an activating group) is 1. The molecular formula is C23H27ClN4O. The van der Waals surface area contributed by atoms with Crippen LogP contribution in [0.4, 0.5) is 0 Å². The molecule has 6 heteroatoms. The van der Waals surface area contributed by atoms with Crippen LogP contribution in [-0.2, 0) is 6.42 Å². The summed E-state index contributed by atoms with van der Waals surface area (Å²) in [4.78, 5) is 21.8. The van der Waals surface area contributed by atoms with Crippen molar-refractivity contribution in [3.05, 3.63) is 71.1 Å². The Morgan fingerprint density at radius 3 is 2.86 bits per heavy atom. The highest BCUT2D eigenvalue weighted by atomic mass is 35.5. The first kappa shape index (κ1) is 19.9. The Kier molecular flexibility index (Phi) is 6.16. The minimum atomic E-state index is -0.0269. The molecule has 0 saturated carbocycles. The largest absolute Gasteiger partial charge is 0.336 e. The van der Waals surface area contributed by atoms with Crippen LogP contribution >= 0.6 is 11.6 Å². The molecule has 1 atom stereocenters. The Balaban J connectivity index is 1.34. The van der Waals surface area contributed by atoms with E-state index in [2.05, 4.69) is 40.2 Å². The van der Waals surface area contributed by atoms with E-state index < -0.39 is 0 Å². The summed E-state index contributed by atoms with van der Waals surface area (Å²) in [5.74, 6) is -0.0269. The molecule has 0 aliphatic carbocycles. The fraction of sp³-hybridized carbons (Fsp3) is 0.391. The molecule has 4 rings (SSSR count). The fourth-order valence-corrected chi connectivity index (χ4v) is 4.28. The van der Waals surface area contributed by atoms with Gasteiger partial charge in [-0.25, -0.2) is 4.98 Å². The zero-order chi connectivity index (χ0) is 20.2. The molecule has 29 heavy (non-hydrogen) atoms. The van der Waals surface area contributed by atoms with Gasteiger partial charge in [0.05, 0.1) is 5.02 Å². The summed E-state index contributed by atoms with van der Waals surface area (Å²) in [6.45, 7) is 3.11. The molecule has 0 spiro atoms. The SMILES string of the molecule is CN(C(=O)c1cn2cc(Cl)ccc2n1)C1CCCN(CCCc2ccccc2)C1. The summed E-state index contributed by atoms with van der Waals surface area (Å²) in [7, 11) is 1.90. The maximum atomic E-state index is 13.0. The van der Waals surface area contributed by atoms with Crippen molar-refractivity contribution in [1.82, 2.24) is 19.2 Å². The van der Waals surface area contributed by atoms with Crippen LogP contribution in [0.3, 0.4) is 0 Å². The van der Waals surface area contributed by atoms with Crippen LogP contribution in [0.5, 0.6) is 0 Å². The average molecular weight is 411 g/mol. The number of nitrogens with zero attached hydrogens (tertiary/aromatic N) is 4. The second-order valence-electron chi connectivity index (χ2n) is 7.84. The molecule has 1 aromatic carbocycles. The van der Waals surface area contributed by atoms with Crippen LogP contribution in [-0.4, -0.2) is 57.8 Å². The number of likely N-dealkylation sites (tertiary alicyclic amines) is 1. The van der Waals surface area contributed by atoms with Gasteiger partial charge < -0.3 is 14.2 Å². The molecule has 1 saturated heterocycles. The first-order valence-electron chi connectivity index (χ1n) is 10.3. The number of pyridine rings is 1. The van der Waals surface area contributed by atoms with Gasteiger partial charge in [-0.1, -0.05) is 41.9 Å². The lowest BCUT2D eigenvalue weighted by Crippen LogP contribution is -2.48. The highest BCUT2D eigenvalue weighted by Crippen LogP contribution is 2.19. The minimum Gasteiger partial charge on any atom is -0.336 e. The Morgan fingerprint density at radius 1 is 1.21 bits per heavy atom. The van der Waals surface area contributed by atoms with E-state index in [1.807, 2.05) is 18.0 Å². The normalized spacial score (nSPS) is 17.5. The third-order valence-corrected chi connectivity index (χ3v) is 5.99. The quantitative estimate of drug-likeness (QED) is 0.612. The van der Waals surface area contributed by atoms with Crippen molar-refractivity contribution in [3.63, 3.8) is 0 Å². The summed E-state index contributed by atoms with van der Waals surface area (Å²) in [6, 6.07) is 14.5. The Bertz CT molecular complexity index is 971. The van der Waals surface area contributed by atoms with Crippen LogP contribution in [0.25, 0.3) is 5.65 Å². The number of carbonyl (C=O) groups is 1. The topological polar surface area (TPSA) is 40.9 Å². The summed E-state index contributed by atoms with van der Waals surface area (Å²) >= 11 is 6.04. The van der Waals surface area contributed by atoms with Gasteiger partial charge in [-0.15, -0.1) is 0 Å². The number of halogens is 1. The van der Waals surface area contributed by atoms with E-state index in [4.69, 9.17) is 11.6 Å². The maximum absolute atomic E-state index is 13.0. The lowest BCUT2D eigenvalue weighted by Gasteiger charge is -2.37. The van der Waals surface area contributed by atoms with Gasteiger partial charge in [-0.05, 0) is 56.5 Å². The van der Waals surface area contributed by atoms with Gasteiger partial charge in [0.2, 0.25) is 0 Å². The molecular weight excluding hydrogens is 384 g/mol. The first-order chi connectivity index (χ1) is 14.1. The molecule has 1 fully saturated rings. The lowest BCUT2D eigenvalue weighted by molar-refractivity contribution is 0.0612. The fourth-order valence-electron chi connectivity index (χ4n) is 4.12. The van der Waals surface area contributed by atoms with Crippen LogP contribution in [0.2, 0.25) is 5.02 Å².